The van der Waals surface area contributed by atoms with Crippen LogP contribution in [0.4, 0.5) is 10.5 Å². The standard InChI is InChI=1S/C22H26N2O4/c1-15(2)23-22(26)24(4)18-8-10-19(11-9-18)28-21(25)13-7-17-14-16(3)6-12-20(17)27-5/h6-15H,1-5H3,(H,23,26)/b13-7+. The van der Waals surface area contributed by atoms with Crippen molar-refractivity contribution in [1.82, 2.24) is 5.32 Å². The van der Waals surface area contributed by atoms with E-state index in [1.54, 1.807) is 44.5 Å². The summed E-state index contributed by atoms with van der Waals surface area (Å²) in [4.78, 5) is 25.6. The zero-order valence-corrected chi connectivity index (χ0v) is 16.9. The SMILES string of the molecule is COc1ccc(C)cc1/C=C/C(=O)Oc1ccc(N(C)C(=O)NC(C)C)cc1. The molecule has 0 aromatic heterocycles. The van der Waals surface area contributed by atoms with Crippen LogP contribution >= 0.6 is 0 Å². The third kappa shape index (κ3) is 5.87. The lowest BCUT2D eigenvalue weighted by Crippen LogP contribution is -2.40. The van der Waals surface area contributed by atoms with Gasteiger partial charge in [0.25, 0.3) is 0 Å². The summed E-state index contributed by atoms with van der Waals surface area (Å²) in [7, 11) is 3.26. The van der Waals surface area contributed by atoms with Crippen LogP contribution in [-0.4, -0.2) is 32.2 Å². The molecular weight excluding hydrogens is 356 g/mol. The van der Waals surface area contributed by atoms with E-state index >= 15 is 0 Å². The smallest absolute Gasteiger partial charge is 0.336 e. The van der Waals surface area contributed by atoms with Crippen molar-refractivity contribution in [3.8, 4) is 11.5 Å². The number of hydrogen-bond acceptors (Lipinski definition) is 4. The summed E-state index contributed by atoms with van der Waals surface area (Å²) < 4.78 is 10.6. The van der Waals surface area contributed by atoms with Crippen LogP contribution in [-0.2, 0) is 4.79 Å². The van der Waals surface area contributed by atoms with Gasteiger partial charge in [-0.15, -0.1) is 0 Å². The Morgan fingerprint density at radius 2 is 1.79 bits per heavy atom. The van der Waals surface area contributed by atoms with Crippen molar-refractivity contribution >= 4 is 23.8 Å². The monoisotopic (exact) mass is 382 g/mol. The van der Waals surface area contributed by atoms with E-state index < -0.39 is 5.97 Å². The number of aryl methyl sites for hydroxylation is 1. The molecule has 2 rings (SSSR count). The first-order chi connectivity index (χ1) is 13.3. The van der Waals surface area contributed by atoms with Crippen molar-refractivity contribution in [3.05, 3.63) is 59.7 Å². The van der Waals surface area contributed by atoms with E-state index in [0.29, 0.717) is 17.2 Å². The topological polar surface area (TPSA) is 67.9 Å². The Labute approximate surface area is 165 Å². The fourth-order valence-electron chi connectivity index (χ4n) is 2.49. The second kappa shape index (κ2) is 9.60. The third-order valence-electron chi connectivity index (χ3n) is 3.94. The molecule has 6 nitrogen and oxygen atoms in total. The fraction of sp³-hybridized carbons (Fsp3) is 0.273. The quantitative estimate of drug-likeness (QED) is 0.462. The highest BCUT2D eigenvalue weighted by atomic mass is 16.5. The summed E-state index contributed by atoms with van der Waals surface area (Å²) in [5, 5.41) is 2.82. The van der Waals surface area contributed by atoms with Gasteiger partial charge in [-0.3, -0.25) is 4.90 Å². The van der Waals surface area contributed by atoms with Crippen LogP contribution in [0, 0.1) is 6.92 Å². The van der Waals surface area contributed by atoms with Crippen molar-refractivity contribution in [2.45, 2.75) is 26.8 Å². The zero-order chi connectivity index (χ0) is 20.7. The molecule has 148 valence electrons. The first-order valence-electron chi connectivity index (χ1n) is 8.99. The molecular formula is C22H26N2O4. The molecule has 0 aliphatic carbocycles. The molecule has 2 amide bonds. The predicted octanol–water partition coefficient (Wildman–Crippen LogP) is 4.18. The highest BCUT2D eigenvalue weighted by molar-refractivity contribution is 5.92. The van der Waals surface area contributed by atoms with Crippen LogP contribution in [0.15, 0.2) is 48.5 Å². The number of amides is 2. The summed E-state index contributed by atoms with van der Waals surface area (Å²) in [6.45, 7) is 5.76. The molecule has 0 heterocycles. The maximum Gasteiger partial charge on any atom is 0.336 e. The van der Waals surface area contributed by atoms with Crippen LogP contribution in [0.2, 0.25) is 0 Å². The number of nitrogens with one attached hydrogen (secondary N) is 1. The van der Waals surface area contributed by atoms with E-state index in [-0.39, 0.29) is 12.1 Å². The number of methoxy groups -OCH3 is 1. The first-order valence-corrected chi connectivity index (χ1v) is 8.99. The average Bonchev–Trinajstić information content (AvgIpc) is 2.66. The van der Waals surface area contributed by atoms with Crippen molar-refractivity contribution < 1.29 is 19.1 Å². The molecule has 6 heteroatoms. The molecule has 0 saturated carbocycles. The van der Waals surface area contributed by atoms with Crippen molar-refractivity contribution in [1.29, 1.82) is 0 Å². The number of hydrogen-bond donors (Lipinski definition) is 1. The van der Waals surface area contributed by atoms with Crippen LogP contribution in [0.5, 0.6) is 11.5 Å². The molecule has 0 saturated heterocycles. The third-order valence-corrected chi connectivity index (χ3v) is 3.94. The van der Waals surface area contributed by atoms with Gasteiger partial charge in [-0.2, -0.15) is 0 Å². The fourth-order valence-corrected chi connectivity index (χ4v) is 2.49. The van der Waals surface area contributed by atoms with Gasteiger partial charge in [0.15, 0.2) is 0 Å². The molecule has 28 heavy (non-hydrogen) atoms. The Kier molecular flexibility index (Phi) is 7.21. The molecule has 0 bridgehead atoms. The molecule has 0 aliphatic rings. The Hall–Kier alpha value is -3.28. The van der Waals surface area contributed by atoms with Gasteiger partial charge in [-0.25, -0.2) is 9.59 Å². The lowest BCUT2D eigenvalue weighted by Gasteiger charge is -2.19. The maximum atomic E-state index is 12.1. The van der Waals surface area contributed by atoms with E-state index in [2.05, 4.69) is 5.32 Å². The minimum absolute atomic E-state index is 0.0500. The number of carbonyl (C=O) groups is 2. The second-order valence-electron chi connectivity index (χ2n) is 6.66. The molecule has 2 aromatic rings. The molecule has 0 spiro atoms. The van der Waals surface area contributed by atoms with Gasteiger partial charge in [-0.05, 0) is 63.2 Å². The van der Waals surface area contributed by atoms with Gasteiger partial charge in [0.05, 0.1) is 7.11 Å². The van der Waals surface area contributed by atoms with Gasteiger partial charge in [0.1, 0.15) is 11.5 Å². The number of esters is 1. The zero-order valence-electron chi connectivity index (χ0n) is 16.9. The number of nitrogens with zero attached hydrogens (tertiary/aromatic N) is 1. The number of carbonyl (C=O) groups excluding carboxylic acids is 2. The Morgan fingerprint density at radius 3 is 2.39 bits per heavy atom. The number of anilines is 1. The minimum atomic E-state index is -0.498. The summed E-state index contributed by atoms with van der Waals surface area (Å²) in [6.07, 6.45) is 3.01. The first kappa shape index (κ1) is 21.0. The summed E-state index contributed by atoms with van der Waals surface area (Å²) >= 11 is 0. The summed E-state index contributed by atoms with van der Waals surface area (Å²) in [5.41, 5.74) is 2.56. The van der Waals surface area contributed by atoms with Gasteiger partial charge >= 0.3 is 12.0 Å². The molecule has 0 aliphatic heterocycles. The molecule has 1 N–H and O–H groups in total. The van der Waals surface area contributed by atoms with Gasteiger partial charge in [-0.1, -0.05) is 11.6 Å². The molecule has 0 fully saturated rings. The minimum Gasteiger partial charge on any atom is -0.496 e. The van der Waals surface area contributed by atoms with Gasteiger partial charge in [0, 0.05) is 30.4 Å². The average molecular weight is 382 g/mol. The lowest BCUT2D eigenvalue weighted by molar-refractivity contribution is -0.128. The Balaban J connectivity index is 2.01. The van der Waals surface area contributed by atoms with Crippen LogP contribution in [0.3, 0.4) is 0 Å². The number of ether oxygens (including phenoxy) is 2. The van der Waals surface area contributed by atoms with E-state index in [0.717, 1.165) is 11.1 Å². The maximum absolute atomic E-state index is 12.1. The molecule has 2 aromatic carbocycles. The molecule has 0 radical (unpaired) electrons. The molecule has 0 atom stereocenters. The number of rotatable bonds is 6. The largest absolute Gasteiger partial charge is 0.496 e. The van der Waals surface area contributed by atoms with E-state index in [1.807, 2.05) is 39.0 Å². The summed E-state index contributed by atoms with van der Waals surface area (Å²) in [5.74, 6) is 0.580. The van der Waals surface area contributed by atoms with Crippen molar-refractivity contribution in [2.75, 3.05) is 19.1 Å². The van der Waals surface area contributed by atoms with E-state index in [1.165, 1.54) is 11.0 Å². The van der Waals surface area contributed by atoms with Gasteiger partial charge in [0.2, 0.25) is 0 Å². The van der Waals surface area contributed by atoms with Crippen molar-refractivity contribution in [2.24, 2.45) is 0 Å². The van der Waals surface area contributed by atoms with Crippen LogP contribution in [0.25, 0.3) is 6.08 Å². The van der Waals surface area contributed by atoms with Crippen molar-refractivity contribution in [3.63, 3.8) is 0 Å². The number of benzene rings is 2. The highest BCUT2D eigenvalue weighted by Gasteiger charge is 2.12. The van der Waals surface area contributed by atoms with Gasteiger partial charge < -0.3 is 14.8 Å². The summed E-state index contributed by atoms with van der Waals surface area (Å²) in [6, 6.07) is 12.3. The lowest BCUT2D eigenvalue weighted by atomic mass is 10.1. The van der Waals surface area contributed by atoms with Crippen LogP contribution < -0.4 is 19.7 Å². The predicted molar refractivity (Wildman–Crippen MR) is 111 cm³/mol. The Bertz CT molecular complexity index is 857. The normalized spacial score (nSPS) is 10.8. The van der Waals surface area contributed by atoms with E-state index in [9.17, 15) is 9.59 Å². The Morgan fingerprint density at radius 1 is 1.11 bits per heavy atom. The van der Waals surface area contributed by atoms with Crippen LogP contribution in [0.1, 0.15) is 25.0 Å². The second-order valence-corrected chi connectivity index (χ2v) is 6.66. The number of urea groups is 1. The highest BCUT2D eigenvalue weighted by Crippen LogP contribution is 2.22. The molecule has 0 unspecified atom stereocenters. The van der Waals surface area contributed by atoms with E-state index in [4.69, 9.17) is 9.47 Å².